The van der Waals surface area contributed by atoms with E-state index in [4.69, 9.17) is 23.2 Å². The van der Waals surface area contributed by atoms with Crippen molar-refractivity contribution in [1.82, 2.24) is 9.97 Å². The summed E-state index contributed by atoms with van der Waals surface area (Å²) in [6, 6.07) is 3.19. The van der Waals surface area contributed by atoms with Crippen molar-refractivity contribution < 1.29 is 4.39 Å². The maximum Gasteiger partial charge on any atom is 0.152 e. The first-order chi connectivity index (χ1) is 7.61. The van der Waals surface area contributed by atoms with Gasteiger partial charge in [0.2, 0.25) is 0 Å². The maximum atomic E-state index is 13.8. The van der Waals surface area contributed by atoms with Gasteiger partial charge in [0.15, 0.2) is 5.82 Å². The average molecular weight is 322 g/mol. The SMILES string of the molecule is Fc1c(-c2ncncc2Cl)ccc(Br)c1Cl. The predicted molar refractivity (Wildman–Crippen MR) is 65.1 cm³/mol. The largest absolute Gasteiger partial charge is 0.243 e. The third kappa shape index (κ3) is 2.05. The van der Waals surface area contributed by atoms with Crippen LogP contribution in [0.2, 0.25) is 10.0 Å². The zero-order valence-electron chi connectivity index (χ0n) is 7.72. The molecule has 1 aromatic carbocycles. The van der Waals surface area contributed by atoms with Crippen LogP contribution >= 0.6 is 39.1 Å². The Kier molecular flexibility index (Phi) is 3.42. The van der Waals surface area contributed by atoms with E-state index in [0.29, 0.717) is 10.2 Å². The number of halogens is 4. The molecule has 6 heteroatoms. The lowest BCUT2D eigenvalue weighted by atomic mass is 10.1. The molecule has 0 fully saturated rings. The van der Waals surface area contributed by atoms with E-state index in [-0.39, 0.29) is 15.6 Å². The van der Waals surface area contributed by atoms with Gasteiger partial charge in [-0.1, -0.05) is 23.2 Å². The number of rotatable bonds is 1. The number of benzene rings is 1. The molecule has 2 nitrogen and oxygen atoms in total. The summed E-state index contributed by atoms with van der Waals surface area (Å²) in [5.74, 6) is -0.559. The number of hydrogen-bond acceptors (Lipinski definition) is 2. The molecule has 0 amide bonds. The van der Waals surface area contributed by atoms with Crippen LogP contribution in [-0.2, 0) is 0 Å². The fourth-order valence-electron chi connectivity index (χ4n) is 1.22. The van der Waals surface area contributed by atoms with E-state index in [0.717, 1.165) is 0 Å². The Hall–Kier alpha value is -0.710. The summed E-state index contributed by atoms with van der Waals surface area (Å²) in [4.78, 5) is 7.66. The highest BCUT2D eigenvalue weighted by molar-refractivity contribution is 9.10. The number of hydrogen-bond donors (Lipinski definition) is 0. The molecule has 0 N–H and O–H groups in total. The van der Waals surface area contributed by atoms with Gasteiger partial charge in [-0.05, 0) is 28.1 Å². The molecule has 0 bridgehead atoms. The molecule has 0 aliphatic carbocycles. The van der Waals surface area contributed by atoms with Gasteiger partial charge in [-0.2, -0.15) is 0 Å². The maximum absolute atomic E-state index is 13.8. The van der Waals surface area contributed by atoms with Crippen molar-refractivity contribution in [2.24, 2.45) is 0 Å². The molecule has 0 radical (unpaired) electrons. The van der Waals surface area contributed by atoms with Gasteiger partial charge >= 0.3 is 0 Å². The highest BCUT2D eigenvalue weighted by Crippen LogP contribution is 2.34. The van der Waals surface area contributed by atoms with E-state index in [9.17, 15) is 4.39 Å². The van der Waals surface area contributed by atoms with Gasteiger partial charge in [0.25, 0.3) is 0 Å². The van der Waals surface area contributed by atoms with Crippen molar-refractivity contribution in [3.63, 3.8) is 0 Å². The first-order valence-electron chi connectivity index (χ1n) is 4.20. The summed E-state index contributed by atoms with van der Waals surface area (Å²) >= 11 is 14.8. The third-order valence-electron chi connectivity index (χ3n) is 1.96. The first-order valence-corrected chi connectivity index (χ1v) is 5.75. The van der Waals surface area contributed by atoms with Gasteiger partial charge in [0, 0.05) is 16.2 Å². The van der Waals surface area contributed by atoms with Gasteiger partial charge in [0.1, 0.15) is 6.33 Å². The molecule has 0 unspecified atom stereocenters. The number of aromatic nitrogens is 2. The van der Waals surface area contributed by atoms with E-state index in [1.807, 2.05) is 0 Å². The van der Waals surface area contributed by atoms with Crippen molar-refractivity contribution in [3.05, 3.63) is 45.0 Å². The molecule has 0 aliphatic rings. The molecular weight excluding hydrogens is 318 g/mol. The van der Waals surface area contributed by atoms with Gasteiger partial charge in [-0.15, -0.1) is 0 Å². The van der Waals surface area contributed by atoms with Crippen molar-refractivity contribution >= 4 is 39.1 Å². The Morgan fingerprint density at radius 2 is 2.00 bits per heavy atom. The van der Waals surface area contributed by atoms with Gasteiger partial charge in [-0.25, -0.2) is 14.4 Å². The lowest BCUT2D eigenvalue weighted by molar-refractivity contribution is 0.630. The minimum absolute atomic E-state index is 0.00665. The van der Waals surface area contributed by atoms with Crippen LogP contribution in [0, 0.1) is 5.82 Å². The smallest absolute Gasteiger partial charge is 0.152 e. The van der Waals surface area contributed by atoms with Gasteiger partial charge in [0.05, 0.1) is 15.7 Å². The molecule has 0 atom stereocenters. The monoisotopic (exact) mass is 320 g/mol. The molecule has 0 saturated heterocycles. The molecule has 1 aromatic heterocycles. The fourth-order valence-corrected chi connectivity index (χ4v) is 1.90. The zero-order chi connectivity index (χ0) is 11.7. The Morgan fingerprint density at radius 3 is 2.69 bits per heavy atom. The number of nitrogens with zero attached hydrogens (tertiary/aromatic N) is 2. The van der Waals surface area contributed by atoms with Crippen molar-refractivity contribution in [3.8, 4) is 11.3 Å². The fraction of sp³-hybridized carbons (Fsp3) is 0. The highest BCUT2D eigenvalue weighted by Gasteiger charge is 2.14. The summed E-state index contributed by atoms with van der Waals surface area (Å²) < 4.78 is 14.3. The van der Waals surface area contributed by atoms with E-state index in [2.05, 4.69) is 25.9 Å². The predicted octanol–water partition coefficient (Wildman–Crippen LogP) is 4.35. The normalized spacial score (nSPS) is 10.5. The highest BCUT2D eigenvalue weighted by atomic mass is 79.9. The van der Waals surface area contributed by atoms with Crippen molar-refractivity contribution in [2.75, 3.05) is 0 Å². The third-order valence-corrected chi connectivity index (χ3v) is 3.49. The minimum atomic E-state index is -0.559. The van der Waals surface area contributed by atoms with Crippen molar-refractivity contribution in [2.45, 2.75) is 0 Å². The Bertz CT molecular complexity index is 548. The quantitative estimate of drug-likeness (QED) is 0.730. The van der Waals surface area contributed by atoms with Crippen molar-refractivity contribution in [1.29, 1.82) is 0 Å². The summed E-state index contributed by atoms with van der Waals surface area (Å²) in [7, 11) is 0. The summed E-state index contributed by atoms with van der Waals surface area (Å²) in [6.45, 7) is 0. The second-order valence-corrected chi connectivity index (χ2v) is 4.58. The summed E-state index contributed by atoms with van der Waals surface area (Å²) in [5.41, 5.74) is 0.573. The molecule has 0 saturated carbocycles. The van der Waals surface area contributed by atoms with E-state index in [1.54, 1.807) is 12.1 Å². The second-order valence-electron chi connectivity index (χ2n) is 2.94. The molecule has 2 rings (SSSR count). The first kappa shape index (κ1) is 11.8. The van der Waals surface area contributed by atoms with Crippen LogP contribution in [0.25, 0.3) is 11.3 Å². The Balaban J connectivity index is 2.66. The molecule has 0 spiro atoms. The average Bonchev–Trinajstić information content (AvgIpc) is 2.28. The van der Waals surface area contributed by atoms with Crippen LogP contribution < -0.4 is 0 Å². The van der Waals surface area contributed by atoms with E-state index < -0.39 is 5.82 Å². The van der Waals surface area contributed by atoms with Crippen LogP contribution in [0.3, 0.4) is 0 Å². The standard InChI is InChI=1S/C10H4BrCl2FN2/c11-6-2-1-5(9(14)8(6)13)10-7(12)3-15-4-16-10/h1-4H. The molecule has 16 heavy (non-hydrogen) atoms. The van der Waals surface area contributed by atoms with Crippen LogP contribution in [0.15, 0.2) is 29.1 Å². The van der Waals surface area contributed by atoms with Gasteiger partial charge < -0.3 is 0 Å². The summed E-state index contributed by atoms with van der Waals surface area (Å²) in [6.07, 6.45) is 2.70. The molecule has 2 aromatic rings. The lowest BCUT2D eigenvalue weighted by Gasteiger charge is -2.06. The lowest BCUT2D eigenvalue weighted by Crippen LogP contribution is -1.91. The molecular formula is C10H4BrCl2FN2. The Labute approximate surface area is 110 Å². The van der Waals surface area contributed by atoms with Crippen LogP contribution in [0.4, 0.5) is 4.39 Å². The van der Waals surface area contributed by atoms with Crippen LogP contribution in [0.1, 0.15) is 0 Å². The van der Waals surface area contributed by atoms with Crippen LogP contribution in [0.5, 0.6) is 0 Å². The molecule has 0 aliphatic heterocycles. The molecule has 82 valence electrons. The van der Waals surface area contributed by atoms with Crippen LogP contribution in [-0.4, -0.2) is 9.97 Å². The topological polar surface area (TPSA) is 25.8 Å². The minimum Gasteiger partial charge on any atom is -0.243 e. The Morgan fingerprint density at radius 1 is 1.25 bits per heavy atom. The zero-order valence-corrected chi connectivity index (χ0v) is 10.8. The van der Waals surface area contributed by atoms with Gasteiger partial charge in [-0.3, -0.25) is 0 Å². The van der Waals surface area contributed by atoms with E-state index in [1.165, 1.54) is 12.5 Å². The van der Waals surface area contributed by atoms with E-state index >= 15 is 0 Å². The summed E-state index contributed by atoms with van der Waals surface area (Å²) in [5, 5.41) is 0.284. The second kappa shape index (κ2) is 4.65. The molecule has 1 heterocycles.